The normalized spacial score (nSPS) is 17.1. The molecule has 0 aromatic carbocycles. The highest BCUT2D eigenvalue weighted by Gasteiger charge is 2.22. The van der Waals surface area contributed by atoms with Crippen LogP contribution >= 0.6 is 11.3 Å². The standard InChI is InChI=1S/C13H20N6S/c1-9(2)18-4-6-19(7-5-18)11-10-3-8-20-12(10)16-13(15-11)17-14/h3,8-9H,4-7,14H2,1-2H3,(H,15,16,17). The molecule has 20 heavy (non-hydrogen) atoms. The minimum absolute atomic E-state index is 0.487. The highest BCUT2D eigenvalue weighted by atomic mass is 32.1. The van der Waals surface area contributed by atoms with Crippen molar-refractivity contribution in [1.82, 2.24) is 14.9 Å². The van der Waals surface area contributed by atoms with Crippen molar-refractivity contribution >= 4 is 33.3 Å². The third kappa shape index (κ3) is 2.44. The van der Waals surface area contributed by atoms with Gasteiger partial charge >= 0.3 is 0 Å². The van der Waals surface area contributed by atoms with Crippen LogP contribution in [0.5, 0.6) is 0 Å². The fraction of sp³-hybridized carbons (Fsp3) is 0.538. The van der Waals surface area contributed by atoms with Crippen LogP contribution in [0.25, 0.3) is 10.2 Å². The maximum Gasteiger partial charge on any atom is 0.240 e. The summed E-state index contributed by atoms with van der Waals surface area (Å²) in [7, 11) is 0. The molecule has 0 spiro atoms. The molecule has 1 fully saturated rings. The second-order valence-corrected chi connectivity index (χ2v) is 6.17. The number of hydrogen-bond acceptors (Lipinski definition) is 7. The zero-order valence-electron chi connectivity index (χ0n) is 11.8. The average Bonchev–Trinajstić information content (AvgIpc) is 2.94. The van der Waals surface area contributed by atoms with Gasteiger partial charge in [-0.2, -0.15) is 4.98 Å². The summed E-state index contributed by atoms with van der Waals surface area (Å²) in [5.74, 6) is 6.95. The van der Waals surface area contributed by atoms with Crippen LogP contribution in [0.1, 0.15) is 13.8 Å². The first kappa shape index (κ1) is 13.5. The van der Waals surface area contributed by atoms with E-state index in [0.717, 1.165) is 42.2 Å². The van der Waals surface area contributed by atoms with Gasteiger partial charge < -0.3 is 4.90 Å². The van der Waals surface area contributed by atoms with E-state index in [0.29, 0.717) is 12.0 Å². The number of thiophene rings is 1. The monoisotopic (exact) mass is 292 g/mol. The van der Waals surface area contributed by atoms with Crippen molar-refractivity contribution in [2.24, 2.45) is 5.84 Å². The number of piperazine rings is 1. The first-order valence-electron chi connectivity index (χ1n) is 6.90. The van der Waals surface area contributed by atoms with Gasteiger partial charge in [0.2, 0.25) is 5.95 Å². The van der Waals surface area contributed by atoms with E-state index in [2.05, 4.69) is 45.1 Å². The molecule has 2 aromatic heterocycles. The maximum absolute atomic E-state index is 5.47. The van der Waals surface area contributed by atoms with Crippen LogP contribution in [-0.4, -0.2) is 47.1 Å². The number of hydrazine groups is 1. The van der Waals surface area contributed by atoms with Gasteiger partial charge in [-0.3, -0.25) is 10.3 Å². The average molecular weight is 292 g/mol. The molecule has 0 unspecified atom stereocenters. The molecule has 0 aliphatic carbocycles. The molecule has 6 nitrogen and oxygen atoms in total. The second kappa shape index (κ2) is 5.51. The van der Waals surface area contributed by atoms with Crippen LogP contribution in [0.15, 0.2) is 11.4 Å². The lowest BCUT2D eigenvalue weighted by Gasteiger charge is -2.37. The molecule has 0 atom stereocenters. The van der Waals surface area contributed by atoms with Gasteiger partial charge in [-0.05, 0) is 25.3 Å². The number of nitrogen functional groups attached to an aromatic ring is 1. The van der Waals surface area contributed by atoms with E-state index in [1.54, 1.807) is 11.3 Å². The minimum atomic E-state index is 0.487. The molecule has 108 valence electrons. The fourth-order valence-corrected chi connectivity index (χ4v) is 3.35. The predicted molar refractivity (Wildman–Crippen MR) is 84.1 cm³/mol. The van der Waals surface area contributed by atoms with Gasteiger partial charge in [0.15, 0.2) is 0 Å². The summed E-state index contributed by atoms with van der Waals surface area (Å²) in [5.41, 5.74) is 2.56. The van der Waals surface area contributed by atoms with E-state index in [9.17, 15) is 0 Å². The molecule has 0 radical (unpaired) electrons. The molecular weight excluding hydrogens is 272 g/mol. The fourth-order valence-electron chi connectivity index (χ4n) is 2.60. The highest BCUT2D eigenvalue weighted by Crippen LogP contribution is 2.29. The van der Waals surface area contributed by atoms with Gasteiger partial charge in [-0.1, -0.05) is 0 Å². The Balaban J connectivity index is 1.88. The van der Waals surface area contributed by atoms with E-state index >= 15 is 0 Å². The van der Waals surface area contributed by atoms with Crippen LogP contribution in [0.2, 0.25) is 0 Å². The predicted octanol–water partition coefficient (Wildman–Crippen LogP) is 1.51. The lowest BCUT2D eigenvalue weighted by atomic mass is 10.2. The lowest BCUT2D eigenvalue weighted by molar-refractivity contribution is 0.209. The Morgan fingerprint density at radius 2 is 2.00 bits per heavy atom. The molecular formula is C13H20N6S. The summed E-state index contributed by atoms with van der Waals surface area (Å²) in [6, 6.07) is 2.69. The Hall–Kier alpha value is -1.44. The van der Waals surface area contributed by atoms with Gasteiger partial charge in [0.1, 0.15) is 10.6 Å². The van der Waals surface area contributed by atoms with Gasteiger partial charge in [-0.25, -0.2) is 10.8 Å². The number of rotatable bonds is 3. The van der Waals surface area contributed by atoms with Crippen molar-refractivity contribution in [2.45, 2.75) is 19.9 Å². The van der Waals surface area contributed by atoms with Crippen molar-refractivity contribution in [2.75, 3.05) is 36.5 Å². The molecule has 1 aliphatic rings. The summed E-state index contributed by atoms with van der Waals surface area (Å²) in [4.78, 5) is 14.7. The van der Waals surface area contributed by atoms with E-state index < -0.39 is 0 Å². The van der Waals surface area contributed by atoms with Crippen molar-refractivity contribution in [1.29, 1.82) is 0 Å². The Morgan fingerprint density at radius 1 is 1.25 bits per heavy atom. The van der Waals surface area contributed by atoms with E-state index in [-0.39, 0.29) is 0 Å². The van der Waals surface area contributed by atoms with Crippen LogP contribution in [0, 0.1) is 0 Å². The zero-order valence-corrected chi connectivity index (χ0v) is 12.7. The summed E-state index contributed by atoms with van der Waals surface area (Å²) in [6.07, 6.45) is 0. The number of hydrogen-bond donors (Lipinski definition) is 2. The number of anilines is 2. The van der Waals surface area contributed by atoms with E-state index in [1.807, 2.05) is 5.38 Å². The van der Waals surface area contributed by atoms with Gasteiger partial charge in [-0.15, -0.1) is 11.3 Å². The summed E-state index contributed by atoms with van der Waals surface area (Å²) in [6.45, 7) is 8.60. The zero-order chi connectivity index (χ0) is 14.1. The summed E-state index contributed by atoms with van der Waals surface area (Å²) < 4.78 is 0. The molecule has 0 amide bonds. The molecule has 7 heteroatoms. The van der Waals surface area contributed by atoms with Gasteiger partial charge in [0.25, 0.3) is 0 Å². The number of aromatic nitrogens is 2. The molecule has 2 aromatic rings. The van der Waals surface area contributed by atoms with Crippen LogP contribution in [0.3, 0.4) is 0 Å². The molecule has 3 rings (SSSR count). The van der Waals surface area contributed by atoms with Crippen molar-refractivity contribution in [3.8, 4) is 0 Å². The first-order valence-corrected chi connectivity index (χ1v) is 7.78. The Kier molecular flexibility index (Phi) is 3.73. The minimum Gasteiger partial charge on any atom is -0.353 e. The second-order valence-electron chi connectivity index (χ2n) is 5.27. The van der Waals surface area contributed by atoms with Gasteiger partial charge in [0, 0.05) is 32.2 Å². The highest BCUT2D eigenvalue weighted by molar-refractivity contribution is 7.16. The summed E-state index contributed by atoms with van der Waals surface area (Å²) >= 11 is 1.62. The number of nitrogens with two attached hydrogens (primary N) is 1. The van der Waals surface area contributed by atoms with Gasteiger partial charge in [0.05, 0.1) is 5.39 Å². The third-order valence-electron chi connectivity index (χ3n) is 3.78. The largest absolute Gasteiger partial charge is 0.353 e. The molecule has 3 heterocycles. The molecule has 0 bridgehead atoms. The van der Waals surface area contributed by atoms with Crippen molar-refractivity contribution in [3.63, 3.8) is 0 Å². The third-order valence-corrected chi connectivity index (χ3v) is 4.58. The number of nitrogens with one attached hydrogen (secondary N) is 1. The molecule has 1 aliphatic heterocycles. The Morgan fingerprint density at radius 3 is 2.65 bits per heavy atom. The SMILES string of the molecule is CC(C)N1CCN(c2nc(NN)nc3sccc23)CC1. The topological polar surface area (TPSA) is 70.3 Å². The lowest BCUT2D eigenvalue weighted by Crippen LogP contribution is -2.49. The van der Waals surface area contributed by atoms with Crippen molar-refractivity contribution < 1.29 is 0 Å². The smallest absolute Gasteiger partial charge is 0.240 e. The maximum atomic E-state index is 5.47. The number of fused-ring (bicyclic) bond motifs is 1. The van der Waals surface area contributed by atoms with Crippen molar-refractivity contribution in [3.05, 3.63) is 11.4 Å². The quantitative estimate of drug-likeness (QED) is 0.660. The van der Waals surface area contributed by atoms with Crippen LogP contribution in [-0.2, 0) is 0 Å². The molecule has 3 N–H and O–H groups in total. The van der Waals surface area contributed by atoms with E-state index in [1.165, 1.54) is 0 Å². The van der Waals surface area contributed by atoms with E-state index in [4.69, 9.17) is 5.84 Å². The molecule has 1 saturated heterocycles. The Labute approximate surface area is 122 Å². The Bertz CT molecular complexity index is 588. The van der Waals surface area contributed by atoms with Crippen LogP contribution < -0.4 is 16.2 Å². The summed E-state index contributed by atoms with van der Waals surface area (Å²) in [5, 5.41) is 3.17. The van der Waals surface area contributed by atoms with Crippen LogP contribution in [0.4, 0.5) is 11.8 Å². The number of nitrogens with zero attached hydrogens (tertiary/aromatic N) is 4. The first-order chi connectivity index (χ1) is 9.69. The molecule has 0 saturated carbocycles.